The van der Waals surface area contributed by atoms with Gasteiger partial charge in [-0.3, -0.25) is 4.79 Å². The first-order valence-corrected chi connectivity index (χ1v) is 9.01. The van der Waals surface area contributed by atoms with Crippen molar-refractivity contribution in [2.24, 2.45) is 0 Å². The number of halogens is 1. The van der Waals surface area contributed by atoms with Gasteiger partial charge in [-0.25, -0.2) is 13.9 Å². The molecule has 2 N–H and O–H groups in total. The third kappa shape index (κ3) is 3.28. The fourth-order valence-electron chi connectivity index (χ4n) is 3.60. The molecule has 1 aliphatic rings. The molecule has 8 heteroatoms. The molecular weight excluding hydrogens is 347 g/mol. The smallest absolute Gasteiger partial charge is 0.252 e. The number of rotatable bonds is 4. The number of amides is 1. The zero-order valence-electron chi connectivity index (χ0n) is 15.3. The average molecular weight is 368 g/mol. The highest BCUT2D eigenvalue weighted by molar-refractivity contribution is 5.91. The van der Waals surface area contributed by atoms with Gasteiger partial charge in [0, 0.05) is 24.4 Å². The minimum absolute atomic E-state index is 0.222. The first-order valence-electron chi connectivity index (χ1n) is 9.01. The second-order valence-corrected chi connectivity index (χ2v) is 6.77. The van der Waals surface area contributed by atoms with Gasteiger partial charge >= 0.3 is 0 Å². The minimum Gasteiger partial charge on any atom is -0.324 e. The van der Waals surface area contributed by atoms with Crippen LogP contribution in [-0.2, 0) is 24.2 Å². The lowest BCUT2D eigenvalue weighted by molar-refractivity contribution is -0.116. The lowest BCUT2D eigenvalue weighted by Gasteiger charge is -2.19. The molecule has 0 saturated heterocycles. The van der Waals surface area contributed by atoms with E-state index < -0.39 is 0 Å². The van der Waals surface area contributed by atoms with Crippen molar-refractivity contribution in [3.8, 4) is 0 Å². The fourth-order valence-corrected chi connectivity index (χ4v) is 3.60. The molecule has 3 aromatic rings. The number of nitrogens with one attached hydrogen (secondary N) is 2. The molecular formula is C19H21FN6O. The lowest BCUT2D eigenvalue weighted by Crippen LogP contribution is -2.25. The summed E-state index contributed by atoms with van der Waals surface area (Å²) in [4.78, 5) is 20.9. The van der Waals surface area contributed by atoms with Crippen molar-refractivity contribution in [2.45, 2.75) is 39.7 Å². The Morgan fingerprint density at radius 3 is 3.07 bits per heavy atom. The molecule has 0 bridgehead atoms. The highest BCUT2D eigenvalue weighted by atomic mass is 19.1. The number of carbonyl (C=O) groups is 1. The Labute approximate surface area is 156 Å². The number of benzene rings is 1. The van der Waals surface area contributed by atoms with Gasteiger partial charge in [0.15, 0.2) is 0 Å². The second-order valence-electron chi connectivity index (χ2n) is 6.77. The standard InChI is InChI=1S/C19H21FN6O/c1-11-14(12(2)26-19(24-11)22-10-23-26)4-6-17(27)25-16-5-3-13-9-21-8-7-15(13)18(16)20/h3,5,10,21H,4,6-9H2,1-2H3,(H,25,27). The Hall–Kier alpha value is -2.87. The largest absolute Gasteiger partial charge is 0.324 e. The summed E-state index contributed by atoms with van der Waals surface area (Å²) in [7, 11) is 0. The number of anilines is 1. The van der Waals surface area contributed by atoms with Crippen LogP contribution < -0.4 is 10.6 Å². The quantitative estimate of drug-likeness (QED) is 0.737. The molecule has 0 atom stereocenters. The maximum absolute atomic E-state index is 14.7. The summed E-state index contributed by atoms with van der Waals surface area (Å²) >= 11 is 0. The first-order chi connectivity index (χ1) is 13.0. The summed E-state index contributed by atoms with van der Waals surface area (Å²) in [6.07, 6.45) is 2.83. The second kappa shape index (κ2) is 7.03. The summed E-state index contributed by atoms with van der Waals surface area (Å²) in [6.45, 7) is 5.24. The van der Waals surface area contributed by atoms with E-state index in [9.17, 15) is 9.18 Å². The van der Waals surface area contributed by atoms with Crippen molar-refractivity contribution in [3.05, 3.63) is 52.4 Å². The number of aryl methyl sites for hydroxylation is 2. The van der Waals surface area contributed by atoms with Crippen molar-refractivity contribution in [2.75, 3.05) is 11.9 Å². The number of hydrogen-bond donors (Lipinski definition) is 2. The van der Waals surface area contributed by atoms with Crippen LogP contribution in [0.25, 0.3) is 5.78 Å². The zero-order chi connectivity index (χ0) is 19.0. The summed E-state index contributed by atoms with van der Waals surface area (Å²) in [5.41, 5.74) is 4.59. The predicted octanol–water partition coefficient (Wildman–Crippen LogP) is 2.10. The molecule has 0 fully saturated rings. The molecule has 0 unspecified atom stereocenters. The third-order valence-electron chi connectivity index (χ3n) is 5.07. The molecule has 1 amide bonds. The molecule has 0 saturated carbocycles. The van der Waals surface area contributed by atoms with E-state index in [1.807, 2.05) is 19.9 Å². The predicted molar refractivity (Wildman–Crippen MR) is 99.0 cm³/mol. The van der Waals surface area contributed by atoms with E-state index in [1.54, 1.807) is 10.6 Å². The van der Waals surface area contributed by atoms with Crippen molar-refractivity contribution >= 4 is 17.4 Å². The van der Waals surface area contributed by atoms with Crippen molar-refractivity contribution in [1.29, 1.82) is 0 Å². The van der Waals surface area contributed by atoms with Crippen LogP contribution in [0.15, 0.2) is 18.5 Å². The lowest BCUT2D eigenvalue weighted by atomic mass is 9.99. The van der Waals surface area contributed by atoms with Crippen LogP contribution >= 0.6 is 0 Å². The van der Waals surface area contributed by atoms with Gasteiger partial charge in [-0.05, 0) is 56.0 Å². The maximum Gasteiger partial charge on any atom is 0.252 e. The number of fused-ring (bicyclic) bond motifs is 2. The van der Waals surface area contributed by atoms with Gasteiger partial charge in [0.1, 0.15) is 12.1 Å². The van der Waals surface area contributed by atoms with Gasteiger partial charge < -0.3 is 10.6 Å². The number of hydrogen-bond acceptors (Lipinski definition) is 5. The third-order valence-corrected chi connectivity index (χ3v) is 5.07. The monoisotopic (exact) mass is 368 g/mol. The van der Waals surface area contributed by atoms with Crippen molar-refractivity contribution in [1.82, 2.24) is 24.9 Å². The van der Waals surface area contributed by atoms with Crippen LogP contribution in [0.5, 0.6) is 0 Å². The van der Waals surface area contributed by atoms with Crippen LogP contribution in [0.2, 0.25) is 0 Å². The molecule has 3 heterocycles. The van der Waals surface area contributed by atoms with Crippen LogP contribution in [-0.4, -0.2) is 32.0 Å². The van der Waals surface area contributed by atoms with E-state index in [1.165, 1.54) is 6.33 Å². The zero-order valence-corrected chi connectivity index (χ0v) is 15.3. The Balaban J connectivity index is 1.48. The highest BCUT2D eigenvalue weighted by Crippen LogP contribution is 2.25. The Kier molecular flexibility index (Phi) is 4.57. The van der Waals surface area contributed by atoms with Gasteiger partial charge in [0.25, 0.3) is 5.78 Å². The SMILES string of the molecule is Cc1nc2ncnn2c(C)c1CCC(=O)Nc1ccc2c(c1F)CCNC2. The van der Waals surface area contributed by atoms with Gasteiger partial charge in [-0.2, -0.15) is 10.1 Å². The van der Waals surface area contributed by atoms with E-state index in [-0.39, 0.29) is 23.8 Å². The molecule has 7 nitrogen and oxygen atoms in total. The van der Waals surface area contributed by atoms with E-state index in [4.69, 9.17) is 0 Å². The Morgan fingerprint density at radius 1 is 1.37 bits per heavy atom. The average Bonchev–Trinajstić information content (AvgIpc) is 3.12. The van der Waals surface area contributed by atoms with E-state index in [0.717, 1.165) is 29.1 Å². The molecule has 0 radical (unpaired) electrons. The summed E-state index contributed by atoms with van der Waals surface area (Å²) in [6, 6.07) is 3.51. The summed E-state index contributed by atoms with van der Waals surface area (Å²) in [5.74, 6) is 0.00417. The molecule has 140 valence electrons. The fraction of sp³-hybridized carbons (Fsp3) is 0.368. The van der Waals surface area contributed by atoms with Gasteiger partial charge in [-0.1, -0.05) is 6.07 Å². The van der Waals surface area contributed by atoms with Crippen LogP contribution in [0.3, 0.4) is 0 Å². The summed E-state index contributed by atoms with van der Waals surface area (Å²) < 4.78 is 16.3. The maximum atomic E-state index is 14.7. The van der Waals surface area contributed by atoms with E-state index in [2.05, 4.69) is 25.7 Å². The van der Waals surface area contributed by atoms with Gasteiger partial charge in [0.2, 0.25) is 5.91 Å². The van der Waals surface area contributed by atoms with Gasteiger partial charge in [-0.15, -0.1) is 0 Å². The van der Waals surface area contributed by atoms with Crippen LogP contribution in [0.1, 0.15) is 34.5 Å². The van der Waals surface area contributed by atoms with Crippen LogP contribution in [0, 0.1) is 19.7 Å². The van der Waals surface area contributed by atoms with E-state index >= 15 is 0 Å². The Morgan fingerprint density at radius 2 is 2.22 bits per heavy atom. The molecule has 1 aromatic carbocycles. The molecule has 0 spiro atoms. The van der Waals surface area contributed by atoms with Crippen molar-refractivity contribution < 1.29 is 9.18 Å². The number of aromatic nitrogens is 4. The summed E-state index contributed by atoms with van der Waals surface area (Å²) in [5, 5.41) is 10.1. The number of nitrogens with zero attached hydrogens (tertiary/aromatic N) is 4. The van der Waals surface area contributed by atoms with Gasteiger partial charge in [0.05, 0.1) is 5.69 Å². The number of carbonyl (C=O) groups excluding carboxylic acids is 1. The Bertz CT molecular complexity index is 1030. The molecule has 2 aromatic heterocycles. The minimum atomic E-state index is -0.319. The normalized spacial score (nSPS) is 13.6. The van der Waals surface area contributed by atoms with Crippen molar-refractivity contribution in [3.63, 3.8) is 0 Å². The molecule has 0 aliphatic carbocycles. The topological polar surface area (TPSA) is 84.2 Å². The highest BCUT2D eigenvalue weighted by Gasteiger charge is 2.18. The van der Waals surface area contributed by atoms with E-state index in [0.29, 0.717) is 30.7 Å². The molecule has 1 aliphatic heterocycles. The first kappa shape index (κ1) is 17.5. The molecule has 27 heavy (non-hydrogen) atoms. The van der Waals surface area contributed by atoms with Crippen LogP contribution in [0.4, 0.5) is 10.1 Å². The molecule has 4 rings (SSSR count).